The molecule has 8 nitrogen and oxygen atoms in total. The summed E-state index contributed by atoms with van der Waals surface area (Å²) in [6, 6.07) is 3.27. The van der Waals surface area contributed by atoms with Crippen molar-refractivity contribution in [1.29, 1.82) is 0 Å². The van der Waals surface area contributed by atoms with Crippen LogP contribution in [0, 0.1) is 0 Å². The summed E-state index contributed by atoms with van der Waals surface area (Å²) in [5, 5.41) is 2.95. The number of imidazole rings is 1. The molecular weight excluding hydrogens is 403 g/mol. The highest BCUT2D eigenvalue weighted by Gasteiger charge is 2.31. The lowest BCUT2D eigenvalue weighted by Gasteiger charge is -2.16. The van der Waals surface area contributed by atoms with Gasteiger partial charge in [-0.05, 0) is 24.6 Å². The van der Waals surface area contributed by atoms with E-state index in [9.17, 15) is 22.8 Å². The van der Waals surface area contributed by atoms with E-state index in [1.54, 1.807) is 4.57 Å². The fraction of sp³-hybridized carbons (Fsp3) is 0.421. The third kappa shape index (κ3) is 4.05. The van der Waals surface area contributed by atoms with Gasteiger partial charge in [-0.2, -0.15) is 13.2 Å². The first kappa shape index (κ1) is 21.5. The van der Waals surface area contributed by atoms with Gasteiger partial charge in [0.25, 0.3) is 5.56 Å². The number of hydrogen-bond donors (Lipinski definition) is 1. The normalized spacial score (nSPS) is 11.8. The van der Waals surface area contributed by atoms with Crippen LogP contribution >= 0.6 is 0 Å². The standard InChI is InChI=1S/C19H22F3N5O3/c1-4-9-30-14-6-5-12(19(20,21)22)10-13(14)23-7-8-27-11-24-16-15(27)17(28)26(3)18(29)25(16)2/h5-6,10-11,23H,4,7-9H2,1-3H3. The molecule has 1 N–H and O–H groups in total. The van der Waals surface area contributed by atoms with Gasteiger partial charge in [-0.15, -0.1) is 0 Å². The summed E-state index contributed by atoms with van der Waals surface area (Å²) in [4.78, 5) is 28.6. The van der Waals surface area contributed by atoms with E-state index < -0.39 is 23.0 Å². The summed E-state index contributed by atoms with van der Waals surface area (Å²) in [6.07, 6.45) is -2.34. The number of aryl methyl sites for hydroxylation is 1. The van der Waals surface area contributed by atoms with Gasteiger partial charge in [-0.1, -0.05) is 6.92 Å². The molecule has 0 bridgehead atoms. The van der Waals surface area contributed by atoms with Crippen molar-refractivity contribution in [3.8, 4) is 5.75 Å². The number of benzene rings is 1. The fourth-order valence-electron chi connectivity index (χ4n) is 3.06. The number of alkyl halides is 3. The lowest BCUT2D eigenvalue weighted by atomic mass is 10.1. The predicted molar refractivity (Wildman–Crippen MR) is 106 cm³/mol. The van der Waals surface area contributed by atoms with Gasteiger partial charge in [0.15, 0.2) is 11.2 Å². The van der Waals surface area contributed by atoms with E-state index in [1.807, 2.05) is 6.92 Å². The minimum absolute atomic E-state index is 0.210. The summed E-state index contributed by atoms with van der Waals surface area (Å²) in [6.45, 7) is 2.72. The topological polar surface area (TPSA) is 83.1 Å². The van der Waals surface area contributed by atoms with Crippen LogP contribution in [0.1, 0.15) is 18.9 Å². The molecule has 2 heterocycles. The lowest BCUT2D eigenvalue weighted by molar-refractivity contribution is -0.137. The Morgan fingerprint density at radius 3 is 2.57 bits per heavy atom. The Bertz CT molecular complexity index is 1180. The maximum absolute atomic E-state index is 13.1. The SMILES string of the molecule is CCCOc1ccc(C(F)(F)F)cc1NCCn1cnc2c1c(=O)n(C)c(=O)n2C. The number of aromatic nitrogens is 4. The third-order valence-corrected chi connectivity index (χ3v) is 4.65. The van der Waals surface area contributed by atoms with Crippen molar-refractivity contribution in [2.45, 2.75) is 26.1 Å². The molecule has 0 saturated carbocycles. The minimum atomic E-state index is -4.47. The molecule has 162 valence electrons. The average molecular weight is 425 g/mol. The highest BCUT2D eigenvalue weighted by Crippen LogP contribution is 2.35. The molecule has 0 fully saturated rings. The molecule has 0 spiro atoms. The molecule has 0 saturated heterocycles. The van der Waals surface area contributed by atoms with E-state index in [1.165, 1.54) is 31.1 Å². The summed E-state index contributed by atoms with van der Waals surface area (Å²) in [5.41, 5.74) is -1.06. The molecule has 0 aliphatic rings. The first-order valence-corrected chi connectivity index (χ1v) is 9.34. The second-order valence-corrected chi connectivity index (χ2v) is 6.80. The van der Waals surface area contributed by atoms with Crippen LogP contribution in [-0.4, -0.2) is 31.8 Å². The summed E-state index contributed by atoms with van der Waals surface area (Å²) in [7, 11) is 2.89. The number of fused-ring (bicyclic) bond motifs is 1. The molecule has 30 heavy (non-hydrogen) atoms. The molecular formula is C19H22F3N5O3. The van der Waals surface area contributed by atoms with Gasteiger partial charge < -0.3 is 14.6 Å². The first-order chi connectivity index (χ1) is 14.1. The quantitative estimate of drug-likeness (QED) is 0.628. The Labute approximate surface area is 169 Å². The predicted octanol–water partition coefficient (Wildman–Crippen LogP) is 2.35. The summed E-state index contributed by atoms with van der Waals surface area (Å²) in [5.74, 6) is 0.318. The average Bonchev–Trinajstić information content (AvgIpc) is 3.13. The van der Waals surface area contributed by atoms with E-state index >= 15 is 0 Å². The highest BCUT2D eigenvalue weighted by molar-refractivity contribution is 5.70. The molecule has 0 radical (unpaired) electrons. The monoisotopic (exact) mass is 425 g/mol. The van der Waals surface area contributed by atoms with Crippen LogP contribution in [0.4, 0.5) is 18.9 Å². The largest absolute Gasteiger partial charge is 0.491 e. The van der Waals surface area contributed by atoms with Crippen molar-refractivity contribution in [1.82, 2.24) is 18.7 Å². The van der Waals surface area contributed by atoms with Crippen molar-refractivity contribution in [2.24, 2.45) is 14.1 Å². The first-order valence-electron chi connectivity index (χ1n) is 9.34. The van der Waals surface area contributed by atoms with Crippen molar-refractivity contribution in [3.05, 3.63) is 50.9 Å². The maximum atomic E-state index is 13.1. The molecule has 0 aliphatic heterocycles. The number of hydrogen-bond acceptors (Lipinski definition) is 5. The Balaban J connectivity index is 1.86. The molecule has 0 atom stereocenters. The van der Waals surface area contributed by atoms with Gasteiger partial charge in [0.2, 0.25) is 0 Å². The molecule has 0 amide bonds. The third-order valence-electron chi connectivity index (χ3n) is 4.65. The van der Waals surface area contributed by atoms with Gasteiger partial charge in [0.05, 0.1) is 24.2 Å². The van der Waals surface area contributed by atoms with Gasteiger partial charge in [-0.3, -0.25) is 13.9 Å². The van der Waals surface area contributed by atoms with Crippen LogP contribution < -0.4 is 21.3 Å². The second kappa shape index (κ2) is 8.25. The molecule has 2 aromatic heterocycles. The maximum Gasteiger partial charge on any atom is 0.416 e. The zero-order valence-corrected chi connectivity index (χ0v) is 16.8. The van der Waals surface area contributed by atoms with Crippen molar-refractivity contribution >= 4 is 16.9 Å². The Kier molecular flexibility index (Phi) is 5.90. The van der Waals surface area contributed by atoms with Crippen molar-refractivity contribution in [3.63, 3.8) is 0 Å². The number of anilines is 1. The Hall–Kier alpha value is -3.24. The number of halogens is 3. The number of nitrogens with zero attached hydrogens (tertiary/aromatic N) is 4. The van der Waals surface area contributed by atoms with Crippen LogP contribution in [0.5, 0.6) is 5.75 Å². The van der Waals surface area contributed by atoms with E-state index in [0.717, 1.165) is 16.7 Å². The molecule has 3 aromatic rings. The number of nitrogens with one attached hydrogen (secondary N) is 1. The van der Waals surface area contributed by atoms with Gasteiger partial charge in [0, 0.05) is 27.2 Å². The van der Waals surface area contributed by atoms with Crippen molar-refractivity contribution < 1.29 is 17.9 Å². The number of rotatable bonds is 7. The van der Waals surface area contributed by atoms with Crippen LogP contribution in [0.15, 0.2) is 34.1 Å². The molecule has 1 aromatic carbocycles. The van der Waals surface area contributed by atoms with Gasteiger partial charge in [-0.25, -0.2) is 9.78 Å². The van der Waals surface area contributed by atoms with Crippen LogP contribution in [0.25, 0.3) is 11.2 Å². The smallest absolute Gasteiger partial charge is 0.416 e. The van der Waals surface area contributed by atoms with E-state index in [-0.39, 0.29) is 29.9 Å². The fourth-order valence-corrected chi connectivity index (χ4v) is 3.06. The molecule has 0 aliphatic carbocycles. The number of ether oxygens (including phenoxy) is 1. The van der Waals surface area contributed by atoms with E-state index in [0.29, 0.717) is 18.8 Å². The highest BCUT2D eigenvalue weighted by atomic mass is 19.4. The van der Waals surface area contributed by atoms with E-state index in [4.69, 9.17) is 4.74 Å². The zero-order chi connectivity index (χ0) is 22.1. The summed E-state index contributed by atoms with van der Waals surface area (Å²) >= 11 is 0. The zero-order valence-electron chi connectivity index (χ0n) is 16.8. The molecule has 11 heteroatoms. The van der Waals surface area contributed by atoms with Crippen LogP contribution in [0.2, 0.25) is 0 Å². The van der Waals surface area contributed by atoms with Crippen LogP contribution in [-0.2, 0) is 26.8 Å². The van der Waals surface area contributed by atoms with E-state index in [2.05, 4.69) is 10.3 Å². The molecule has 3 rings (SSSR count). The lowest BCUT2D eigenvalue weighted by Crippen LogP contribution is -2.37. The van der Waals surface area contributed by atoms with Gasteiger partial charge >= 0.3 is 11.9 Å². The second-order valence-electron chi connectivity index (χ2n) is 6.80. The van der Waals surface area contributed by atoms with Gasteiger partial charge in [0.1, 0.15) is 5.75 Å². The Morgan fingerprint density at radius 1 is 1.17 bits per heavy atom. The van der Waals surface area contributed by atoms with Crippen LogP contribution in [0.3, 0.4) is 0 Å². The van der Waals surface area contributed by atoms with Crippen molar-refractivity contribution in [2.75, 3.05) is 18.5 Å². The minimum Gasteiger partial charge on any atom is -0.491 e. The Morgan fingerprint density at radius 2 is 1.90 bits per heavy atom. The summed E-state index contributed by atoms with van der Waals surface area (Å²) < 4.78 is 48.6. The molecule has 0 unspecified atom stereocenters.